The molecule has 0 fully saturated rings. The molecule has 1 aromatic carbocycles. The summed E-state index contributed by atoms with van der Waals surface area (Å²) >= 11 is 1.74. The van der Waals surface area contributed by atoms with E-state index >= 15 is 0 Å². The van der Waals surface area contributed by atoms with Crippen molar-refractivity contribution in [3.8, 4) is 0 Å². The number of rotatable bonds is 3. The van der Waals surface area contributed by atoms with E-state index in [4.69, 9.17) is 5.73 Å². The highest BCUT2D eigenvalue weighted by molar-refractivity contribution is 7.98. The maximum absolute atomic E-state index is 5.74. The molecule has 0 amide bonds. The Balaban J connectivity index is 1.96. The standard InChI is InChI=1S/C14H14N4S/c1-19-12-5-3-2-4-10(12)8-13-16-14-7-6-11(15)9-18(14)17-13/h2-7,9H,8,15H2,1H3. The lowest BCUT2D eigenvalue weighted by Gasteiger charge is -2.03. The van der Waals surface area contributed by atoms with E-state index in [2.05, 4.69) is 28.5 Å². The highest BCUT2D eigenvalue weighted by Crippen LogP contribution is 2.21. The number of benzene rings is 1. The molecule has 0 aliphatic rings. The molecule has 0 atom stereocenters. The van der Waals surface area contributed by atoms with Crippen LogP contribution in [-0.4, -0.2) is 20.9 Å². The third-order valence-electron chi connectivity index (χ3n) is 2.94. The lowest BCUT2D eigenvalue weighted by molar-refractivity contribution is 0.895. The quantitative estimate of drug-likeness (QED) is 0.743. The van der Waals surface area contributed by atoms with Gasteiger partial charge in [0.1, 0.15) is 0 Å². The zero-order valence-electron chi connectivity index (χ0n) is 10.6. The van der Waals surface area contributed by atoms with Gasteiger partial charge >= 0.3 is 0 Å². The number of nitrogen functional groups attached to an aromatic ring is 1. The molecule has 0 unspecified atom stereocenters. The third-order valence-corrected chi connectivity index (χ3v) is 3.78. The van der Waals surface area contributed by atoms with Gasteiger partial charge in [0.25, 0.3) is 0 Å². The van der Waals surface area contributed by atoms with Gasteiger partial charge in [0.15, 0.2) is 11.5 Å². The van der Waals surface area contributed by atoms with Crippen molar-refractivity contribution in [1.29, 1.82) is 0 Å². The molecule has 96 valence electrons. The van der Waals surface area contributed by atoms with Gasteiger partial charge in [0.05, 0.1) is 11.9 Å². The monoisotopic (exact) mass is 270 g/mol. The molecule has 0 saturated carbocycles. The Kier molecular flexibility index (Phi) is 3.13. The van der Waals surface area contributed by atoms with Gasteiger partial charge in [-0.1, -0.05) is 18.2 Å². The first kappa shape index (κ1) is 12.0. The Bertz CT molecular complexity index is 720. The summed E-state index contributed by atoms with van der Waals surface area (Å²) in [6.07, 6.45) is 4.60. The number of nitrogens with two attached hydrogens (primary N) is 1. The predicted molar refractivity (Wildman–Crippen MR) is 78.4 cm³/mol. The molecular weight excluding hydrogens is 256 g/mol. The maximum Gasteiger partial charge on any atom is 0.156 e. The maximum atomic E-state index is 5.74. The van der Waals surface area contributed by atoms with Crippen LogP contribution in [0.5, 0.6) is 0 Å². The molecule has 0 aliphatic heterocycles. The van der Waals surface area contributed by atoms with Gasteiger partial charge in [-0.25, -0.2) is 9.50 Å². The molecule has 0 saturated heterocycles. The van der Waals surface area contributed by atoms with Crippen LogP contribution >= 0.6 is 11.8 Å². The Morgan fingerprint density at radius 1 is 1.21 bits per heavy atom. The van der Waals surface area contributed by atoms with Crippen LogP contribution in [0.4, 0.5) is 5.69 Å². The van der Waals surface area contributed by atoms with Crippen molar-refractivity contribution in [2.24, 2.45) is 0 Å². The van der Waals surface area contributed by atoms with Crippen LogP contribution in [-0.2, 0) is 6.42 Å². The van der Waals surface area contributed by atoms with Crippen molar-refractivity contribution in [3.05, 3.63) is 54.0 Å². The summed E-state index contributed by atoms with van der Waals surface area (Å²) in [6, 6.07) is 12.0. The number of hydrogen-bond donors (Lipinski definition) is 1. The van der Waals surface area contributed by atoms with Gasteiger partial charge in [-0.05, 0) is 30.0 Å². The van der Waals surface area contributed by atoms with Crippen LogP contribution in [0.15, 0.2) is 47.5 Å². The van der Waals surface area contributed by atoms with E-state index in [1.165, 1.54) is 10.5 Å². The first-order valence-corrected chi connectivity index (χ1v) is 7.21. The molecule has 0 spiro atoms. The van der Waals surface area contributed by atoms with Crippen LogP contribution in [0.3, 0.4) is 0 Å². The topological polar surface area (TPSA) is 56.2 Å². The molecule has 4 nitrogen and oxygen atoms in total. The van der Waals surface area contributed by atoms with E-state index < -0.39 is 0 Å². The van der Waals surface area contributed by atoms with Gasteiger partial charge in [-0.2, -0.15) is 5.10 Å². The zero-order valence-corrected chi connectivity index (χ0v) is 11.4. The van der Waals surface area contributed by atoms with Crippen LogP contribution in [0.25, 0.3) is 5.65 Å². The fourth-order valence-corrected chi connectivity index (χ4v) is 2.66. The van der Waals surface area contributed by atoms with Gasteiger partial charge in [0.2, 0.25) is 0 Å². The van der Waals surface area contributed by atoms with Crippen LogP contribution in [0, 0.1) is 0 Å². The molecule has 0 aliphatic carbocycles. The van der Waals surface area contributed by atoms with Gasteiger partial charge in [-0.3, -0.25) is 0 Å². The highest BCUT2D eigenvalue weighted by Gasteiger charge is 2.07. The Labute approximate surface area is 115 Å². The minimum Gasteiger partial charge on any atom is -0.397 e. The Morgan fingerprint density at radius 2 is 2.05 bits per heavy atom. The van der Waals surface area contributed by atoms with Crippen molar-refractivity contribution < 1.29 is 0 Å². The molecule has 0 bridgehead atoms. The Morgan fingerprint density at radius 3 is 2.89 bits per heavy atom. The Hall–Kier alpha value is -2.01. The predicted octanol–water partition coefficient (Wildman–Crippen LogP) is 2.62. The largest absolute Gasteiger partial charge is 0.397 e. The van der Waals surface area contributed by atoms with Crippen molar-refractivity contribution in [1.82, 2.24) is 14.6 Å². The van der Waals surface area contributed by atoms with Gasteiger partial charge in [-0.15, -0.1) is 11.8 Å². The molecule has 3 aromatic rings. The summed E-state index contributed by atoms with van der Waals surface area (Å²) in [5, 5.41) is 4.46. The van der Waals surface area contributed by atoms with E-state index in [0.717, 1.165) is 17.9 Å². The van der Waals surface area contributed by atoms with E-state index in [1.807, 2.05) is 24.3 Å². The number of hydrogen-bond acceptors (Lipinski definition) is 4. The van der Waals surface area contributed by atoms with Crippen molar-refractivity contribution in [2.45, 2.75) is 11.3 Å². The number of fused-ring (bicyclic) bond motifs is 1. The minimum atomic E-state index is 0.688. The summed E-state index contributed by atoms with van der Waals surface area (Å²) in [5.41, 5.74) is 8.50. The molecule has 2 aromatic heterocycles. The fraction of sp³-hybridized carbons (Fsp3) is 0.143. The van der Waals surface area contributed by atoms with E-state index in [1.54, 1.807) is 22.5 Å². The molecule has 2 heterocycles. The second-order valence-electron chi connectivity index (χ2n) is 4.28. The SMILES string of the molecule is CSc1ccccc1Cc1nc2ccc(N)cn2n1. The number of nitrogens with zero attached hydrogens (tertiary/aromatic N) is 3. The van der Waals surface area contributed by atoms with E-state index in [9.17, 15) is 0 Å². The van der Waals surface area contributed by atoms with E-state index in [0.29, 0.717) is 5.69 Å². The van der Waals surface area contributed by atoms with Crippen LogP contribution < -0.4 is 5.73 Å². The summed E-state index contributed by atoms with van der Waals surface area (Å²) in [7, 11) is 0. The van der Waals surface area contributed by atoms with Gasteiger partial charge in [0, 0.05) is 11.3 Å². The smallest absolute Gasteiger partial charge is 0.156 e. The second-order valence-corrected chi connectivity index (χ2v) is 5.13. The highest BCUT2D eigenvalue weighted by atomic mass is 32.2. The minimum absolute atomic E-state index is 0.688. The molecule has 5 heteroatoms. The summed E-state index contributed by atoms with van der Waals surface area (Å²) in [6.45, 7) is 0. The zero-order chi connectivity index (χ0) is 13.2. The van der Waals surface area contributed by atoms with Crippen LogP contribution in [0.1, 0.15) is 11.4 Å². The fourth-order valence-electron chi connectivity index (χ4n) is 2.04. The molecule has 19 heavy (non-hydrogen) atoms. The third kappa shape index (κ3) is 2.42. The summed E-state index contributed by atoms with van der Waals surface area (Å²) in [5.74, 6) is 0.812. The second kappa shape index (κ2) is 4.93. The summed E-state index contributed by atoms with van der Waals surface area (Å²) < 4.78 is 1.73. The summed E-state index contributed by atoms with van der Waals surface area (Å²) in [4.78, 5) is 5.78. The lowest BCUT2D eigenvalue weighted by Crippen LogP contribution is -1.94. The van der Waals surface area contributed by atoms with Crippen molar-refractivity contribution in [2.75, 3.05) is 12.0 Å². The normalized spacial score (nSPS) is 11.0. The van der Waals surface area contributed by atoms with Crippen LogP contribution in [0.2, 0.25) is 0 Å². The number of anilines is 1. The number of aromatic nitrogens is 3. The lowest BCUT2D eigenvalue weighted by atomic mass is 10.1. The average Bonchev–Trinajstić information content (AvgIpc) is 2.80. The van der Waals surface area contributed by atoms with Gasteiger partial charge < -0.3 is 5.73 Å². The first-order chi connectivity index (χ1) is 9.26. The van der Waals surface area contributed by atoms with E-state index in [-0.39, 0.29) is 0 Å². The number of pyridine rings is 1. The van der Waals surface area contributed by atoms with Crippen molar-refractivity contribution >= 4 is 23.1 Å². The van der Waals surface area contributed by atoms with Crippen molar-refractivity contribution in [3.63, 3.8) is 0 Å². The molecule has 3 rings (SSSR count). The molecule has 0 radical (unpaired) electrons. The molecular formula is C14H14N4S. The molecule has 2 N–H and O–H groups in total. The average molecular weight is 270 g/mol. The first-order valence-electron chi connectivity index (χ1n) is 5.99. The number of thioether (sulfide) groups is 1.